The summed E-state index contributed by atoms with van der Waals surface area (Å²) in [6, 6.07) is 0.960. The molecule has 0 bridgehead atoms. The molecule has 1 aromatic heterocycles. The Kier molecular flexibility index (Phi) is 7.05. The first-order valence-electron chi connectivity index (χ1n) is 10.1. The Bertz CT molecular complexity index is 746. The molecule has 3 rings (SSSR count). The number of ether oxygens (including phenoxy) is 2. The monoisotopic (exact) mass is 433 g/mol. The number of halogens is 4. The normalized spacial score (nSPS) is 24.5. The van der Waals surface area contributed by atoms with Gasteiger partial charge in [0, 0.05) is 12.6 Å². The van der Waals surface area contributed by atoms with Crippen LogP contribution in [0.5, 0.6) is 11.8 Å². The molecule has 0 spiro atoms. The average Bonchev–Trinajstić information content (AvgIpc) is 3.23. The fraction of sp³-hybridized carbons (Fsp3) is 0.700. The van der Waals surface area contributed by atoms with E-state index in [2.05, 4.69) is 10.3 Å². The molecule has 2 aliphatic rings. The number of aromatic nitrogens is 1. The number of nitrogens with one attached hydrogen (secondary N) is 1. The molecule has 30 heavy (non-hydrogen) atoms. The summed E-state index contributed by atoms with van der Waals surface area (Å²) in [5.41, 5.74) is 0.386. The van der Waals surface area contributed by atoms with E-state index in [1.165, 1.54) is 18.1 Å². The van der Waals surface area contributed by atoms with Crippen LogP contribution in [0.1, 0.15) is 44.1 Å². The molecule has 1 N–H and O–H groups in total. The van der Waals surface area contributed by atoms with Crippen LogP contribution in [0, 0.1) is 11.7 Å². The van der Waals surface area contributed by atoms with Gasteiger partial charge in [0.25, 0.3) is 5.88 Å². The lowest BCUT2D eigenvalue weighted by molar-refractivity contribution is -0.185. The lowest BCUT2D eigenvalue weighted by Gasteiger charge is -2.30. The van der Waals surface area contributed by atoms with E-state index in [4.69, 9.17) is 9.47 Å². The molecule has 2 fully saturated rings. The highest BCUT2D eigenvalue weighted by molar-refractivity contribution is 5.82. The summed E-state index contributed by atoms with van der Waals surface area (Å²) in [4.78, 5) is 18.0. The SMILES string of the molecule is COc1nc(O[C@H]2CC[C@@H](C(F)(F)F)CC2)c(F)cc1CN(C)C(=O)[C@@H]1CCCN1. The second-order valence-electron chi connectivity index (χ2n) is 7.92. The van der Waals surface area contributed by atoms with E-state index in [-0.39, 0.29) is 55.9 Å². The zero-order chi connectivity index (χ0) is 21.9. The Hall–Kier alpha value is -2.10. The number of nitrogens with zero attached hydrogens (tertiary/aromatic N) is 2. The van der Waals surface area contributed by atoms with Crippen LogP contribution in [0.2, 0.25) is 0 Å². The van der Waals surface area contributed by atoms with Gasteiger partial charge in [-0.25, -0.2) is 4.39 Å². The van der Waals surface area contributed by atoms with Crippen LogP contribution in [-0.4, -0.2) is 54.8 Å². The molecule has 6 nitrogen and oxygen atoms in total. The van der Waals surface area contributed by atoms with Gasteiger partial charge in [0.15, 0.2) is 5.82 Å². The Morgan fingerprint density at radius 2 is 1.93 bits per heavy atom. The third-order valence-electron chi connectivity index (χ3n) is 5.73. The van der Waals surface area contributed by atoms with Crippen LogP contribution in [0.3, 0.4) is 0 Å². The van der Waals surface area contributed by atoms with Gasteiger partial charge in [-0.2, -0.15) is 18.2 Å². The lowest BCUT2D eigenvalue weighted by Crippen LogP contribution is -2.41. The smallest absolute Gasteiger partial charge is 0.391 e. The zero-order valence-corrected chi connectivity index (χ0v) is 17.1. The van der Waals surface area contributed by atoms with E-state index >= 15 is 0 Å². The predicted octanol–water partition coefficient (Wildman–Crippen LogP) is 3.44. The van der Waals surface area contributed by atoms with Crippen LogP contribution in [0.25, 0.3) is 0 Å². The Balaban J connectivity index is 1.64. The van der Waals surface area contributed by atoms with Crippen molar-refractivity contribution in [2.75, 3.05) is 20.7 Å². The van der Waals surface area contributed by atoms with Crippen LogP contribution < -0.4 is 14.8 Å². The van der Waals surface area contributed by atoms with E-state index < -0.39 is 24.0 Å². The molecular formula is C20H27F4N3O3. The van der Waals surface area contributed by atoms with Gasteiger partial charge in [-0.1, -0.05) is 0 Å². The maximum atomic E-state index is 14.6. The molecule has 10 heteroatoms. The zero-order valence-electron chi connectivity index (χ0n) is 17.1. The molecule has 168 valence electrons. The van der Waals surface area contributed by atoms with Crippen molar-refractivity contribution in [2.45, 2.75) is 63.4 Å². The molecule has 1 saturated heterocycles. The highest BCUT2D eigenvalue weighted by Crippen LogP contribution is 2.38. The van der Waals surface area contributed by atoms with Gasteiger partial charge < -0.3 is 19.7 Å². The van der Waals surface area contributed by atoms with E-state index in [0.29, 0.717) is 5.56 Å². The fourth-order valence-electron chi connectivity index (χ4n) is 4.03. The van der Waals surface area contributed by atoms with E-state index in [9.17, 15) is 22.4 Å². The second-order valence-corrected chi connectivity index (χ2v) is 7.92. The molecule has 0 radical (unpaired) electrons. The van der Waals surface area contributed by atoms with Gasteiger partial charge in [-0.3, -0.25) is 4.79 Å². The van der Waals surface area contributed by atoms with Crippen molar-refractivity contribution in [2.24, 2.45) is 5.92 Å². The Morgan fingerprint density at radius 1 is 1.23 bits per heavy atom. The molecule has 1 aliphatic carbocycles. The maximum Gasteiger partial charge on any atom is 0.391 e. The van der Waals surface area contributed by atoms with Crippen molar-refractivity contribution in [1.82, 2.24) is 15.2 Å². The molecule has 2 heterocycles. The largest absolute Gasteiger partial charge is 0.481 e. The maximum absolute atomic E-state index is 14.6. The second kappa shape index (κ2) is 9.36. The van der Waals surface area contributed by atoms with Crippen LogP contribution in [0.4, 0.5) is 17.6 Å². The number of likely N-dealkylation sites (N-methyl/N-ethyl adjacent to an activating group) is 1. The quantitative estimate of drug-likeness (QED) is 0.697. The van der Waals surface area contributed by atoms with Gasteiger partial charge in [-0.15, -0.1) is 0 Å². The number of rotatable bonds is 6. The first kappa shape index (κ1) is 22.6. The number of carbonyl (C=O) groups excluding carboxylic acids is 1. The predicted molar refractivity (Wildman–Crippen MR) is 101 cm³/mol. The summed E-state index contributed by atoms with van der Waals surface area (Å²) in [6.07, 6.45) is -2.78. The van der Waals surface area contributed by atoms with E-state index in [1.54, 1.807) is 7.05 Å². The fourth-order valence-corrected chi connectivity index (χ4v) is 4.03. The Morgan fingerprint density at radius 3 is 2.50 bits per heavy atom. The van der Waals surface area contributed by atoms with E-state index in [1.807, 2.05) is 0 Å². The topological polar surface area (TPSA) is 63.7 Å². The third-order valence-corrected chi connectivity index (χ3v) is 5.73. The molecule has 1 aliphatic heterocycles. The summed E-state index contributed by atoms with van der Waals surface area (Å²) in [6.45, 7) is 0.905. The molecule has 1 amide bonds. The number of amides is 1. The number of carbonyl (C=O) groups is 1. The number of pyridine rings is 1. The van der Waals surface area contributed by atoms with Gasteiger partial charge in [0.05, 0.1) is 25.6 Å². The summed E-state index contributed by atoms with van der Waals surface area (Å²) < 4.78 is 63.8. The van der Waals surface area contributed by atoms with Crippen molar-refractivity contribution in [3.8, 4) is 11.8 Å². The minimum absolute atomic E-state index is 0.0485. The molecule has 1 atom stereocenters. The molecule has 1 saturated carbocycles. The number of alkyl halides is 3. The Labute approximate surface area is 172 Å². The highest BCUT2D eigenvalue weighted by atomic mass is 19.4. The third kappa shape index (κ3) is 5.33. The van der Waals surface area contributed by atoms with Crippen molar-refractivity contribution in [1.29, 1.82) is 0 Å². The number of hydrogen-bond donors (Lipinski definition) is 1. The van der Waals surface area contributed by atoms with Crippen LogP contribution in [0.15, 0.2) is 6.07 Å². The summed E-state index contributed by atoms with van der Waals surface area (Å²) in [7, 11) is 3.01. The first-order chi connectivity index (χ1) is 14.2. The summed E-state index contributed by atoms with van der Waals surface area (Å²) >= 11 is 0. The van der Waals surface area contributed by atoms with Gasteiger partial charge in [0.2, 0.25) is 11.8 Å². The molecule has 0 aromatic carbocycles. The number of hydrogen-bond acceptors (Lipinski definition) is 5. The molecule has 0 unspecified atom stereocenters. The number of methoxy groups -OCH3 is 1. The van der Waals surface area contributed by atoms with E-state index in [0.717, 1.165) is 19.4 Å². The molecular weight excluding hydrogens is 406 g/mol. The summed E-state index contributed by atoms with van der Waals surface area (Å²) in [5, 5.41) is 3.13. The first-order valence-corrected chi connectivity index (χ1v) is 10.1. The van der Waals surface area contributed by atoms with Gasteiger partial charge >= 0.3 is 6.18 Å². The van der Waals surface area contributed by atoms with Crippen molar-refractivity contribution in [3.63, 3.8) is 0 Å². The van der Waals surface area contributed by atoms with Gasteiger partial charge in [0.1, 0.15) is 6.10 Å². The average molecular weight is 433 g/mol. The summed E-state index contributed by atoms with van der Waals surface area (Å²) in [5.74, 6) is -2.33. The van der Waals surface area contributed by atoms with Crippen LogP contribution >= 0.6 is 0 Å². The lowest BCUT2D eigenvalue weighted by atomic mass is 9.87. The van der Waals surface area contributed by atoms with Crippen molar-refractivity contribution in [3.05, 3.63) is 17.4 Å². The highest BCUT2D eigenvalue weighted by Gasteiger charge is 2.42. The minimum atomic E-state index is -4.21. The van der Waals surface area contributed by atoms with Crippen LogP contribution in [-0.2, 0) is 11.3 Å². The standard InChI is InChI=1S/C20H27F4N3O3/c1-27(19(28)16-4-3-9-25-16)11-12-10-15(21)18(26-17(12)29-2)30-14-7-5-13(6-8-14)20(22,23)24/h10,13-14,16,25H,3-9,11H2,1-2H3/t13-,14+,16-/m0/s1. The van der Waals surface area contributed by atoms with Crippen molar-refractivity contribution < 1.29 is 31.8 Å². The van der Waals surface area contributed by atoms with Crippen molar-refractivity contribution >= 4 is 5.91 Å². The molecule has 1 aromatic rings. The minimum Gasteiger partial charge on any atom is -0.481 e. The van der Waals surface area contributed by atoms with Gasteiger partial charge in [-0.05, 0) is 51.1 Å².